The lowest BCUT2D eigenvalue weighted by Gasteiger charge is -2.34. The van der Waals surface area contributed by atoms with Crippen LogP contribution in [0.2, 0.25) is 0 Å². The number of ether oxygens (including phenoxy) is 1. The summed E-state index contributed by atoms with van der Waals surface area (Å²) in [5.41, 5.74) is 0. The Bertz CT molecular complexity index is 383. The van der Waals surface area contributed by atoms with Gasteiger partial charge in [-0.1, -0.05) is 15.9 Å². The van der Waals surface area contributed by atoms with E-state index in [1.54, 1.807) is 0 Å². The number of nitrogens with zero attached hydrogens (tertiary/aromatic N) is 1. The quantitative estimate of drug-likeness (QED) is 0.751. The van der Waals surface area contributed by atoms with Gasteiger partial charge in [-0.2, -0.15) is 0 Å². The van der Waals surface area contributed by atoms with Crippen molar-refractivity contribution in [1.29, 1.82) is 0 Å². The van der Waals surface area contributed by atoms with Crippen LogP contribution in [0.3, 0.4) is 0 Å². The van der Waals surface area contributed by atoms with Gasteiger partial charge in [-0.05, 0) is 27.4 Å². The van der Waals surface area contributed by atoms with Crippen LogP contribution >= 0.6 is 43.2 Å². The number of carbonyl (C=O) groups is 1. The van der Waals surface area contributed by atoms with Gasteiger partial charge in [0, 0.05) is 16.3 Å². The number of amides is 1. The average Bonchev–Trinajstić information content (AvgIpc) is 2.74. The van der Waals surface area contributed by atoms with Crippen LogP contribution in [0.1, 0.15) is 9.67 Å². The molecule has 2 rings (SSSR count). The van der Waals surface area contributed by atoms with Crippen LogP contribution in [-0.4, -0.2) is 41.9 Å². The van der Waals surface area contributed by atoms with Crippen LogP contribution in [0.25, 0.3) is 0 Å². The fourth-order valence-electron chi connectivity index (χ4n) is 1.63. The first-order valence-electron chi connectivity index (χ1n) is 4.91. The summed E-state index contributed by atoms with van der Waals surface area (Å²) in [6, 6.07) is 2.04. The van der Waals surface area contributed by atoms with Gasteiger partial charge < -0.3 is 9.64 Å². The summed E-state index contributed by atoms with van der Waals surface area (Å²) >= 11 is 8.28. The first-order valence-corrected chi connectivity index (χ1v) is 7.71. The number of rotatable bonds is 2. The number of morpholine rings is 1. The molecule has 1 fully saturated rings. The van der Waals surface area contributed by atoms with E-state index in [-0.39, 0.29) is 11.9 Å². The highest BCUT2D eigenvalue weighted by atomic mass is 79.9. The molecule has 16 heavy (non-hydrogen) atoms. The van der Waals surface area contributed by atoms with Gasteiger partial charge in [-0.25, -0.2) is 0 Å². The Balaban J connectivity index is 2.17. The molecule has 1 aromatic rings. The van der Waals surface area contributed by atoms with Gasteiger partial charge in [-0.3, -0.25) is 4.79 Å². The van der Waals surface area contributed by atoms with Crippen LogP contribution in [0.5, 0.6) is 0 Å². The van der Waals surface area contributed by atoms with Crippen molar-refractivity contribution in [2.24, 2.45) is 0 Å². The molecule has 1 saturated heterocycles. The van der Waals surface area contributed by atoms with Gasteiger partial charge in [-0.15, -0.1) is 11.3 Å². The van der Waals surface area contributed by atoms with Crippen molar-refractivity contribution in [3.63, 3.8) is 0 Å². The van der Waals surface area contributed by atoms with Crippen molar-refractivity contribution in [1.82, 2.24) is 4.90 Å². The zero-order chi connectivity index (χ0) is 11.5. The van der Waals surface area contributed by atoms with Gasteiger partial charge in [0.2, 0.25) is 0 Å². The van der Waals surface area contributed by atoms with Crippen molar-refractivity contribution >= 4 is 49.1 Å². The number of halogens is 2. The predicted octanol–water partition coefficient (Wildman–Crippen LogP) is 2.75. The summed E-state index contributed by atoms with van der Waals surface area (Å²) in [5, 5.41) is 2.67. The van der Waals surface area contributed by atoms with E-state index < -0.39 is 0 Å². The molecule has 1 aliphatic rings. The topological polar surface area (TPSA) is 29.5 Å². The molecule has 0 spiro atoms. The summed E-state index contributed by atoms with van der Waals surface area (Å²) in [5.74, 6) is 0.0922. The van der Waals surface area contributed by atoms with E-state index >= 15 is 0 Å². The number of hydrogen-bond acceptors (Lipinski definition) is 3. The average molecular weight is 369 g/mol. The number of carbonyl (C=O) groups excluding carboxylic acids is 1. The Hall–Kier alpha value is 0.0900. The van der Waals surface area contributed by atoms with E-state index in [2.05, 4.69) is 31.9 Å². The monoisotopic (exact) mass is 367 g/mol. The summed E-state index contributed by atoms with van der Waals surface area (Å²) < 4.78 is 6.25. The lowest BCUT2D eigenvalue weighted by Crippen LogP contribution is -2.49. The Kier molecular flexibility index (Phi) is 4.41. The van der Waals surface area contributed by atoms with Crippen LogP contribution in [0.4, 0.5) is 0 Å². The molecular formula is C10H11Br2NO2S. The van der Waals surface area contributed by atoms with Crippen molar-refractivity contribution < 1.29 is 9.53 Å². The maximum Gasteiger partial charge on any atom is 0.265 e. The summed E-state index contributed by atoms with van der Waals surface area (Å²) in [4.78, 5) is 14.9. The molecule has 1 atom stereocenters. The highest BCUT2D eigenvalue weighted by molar-refractivity contribution is 9.10. The minimum atomic E-state index is 0.0922. The molecule has 1 aromatic heterocycles. The zero-order valence-electron chi connectivity index (χ0n) is 8.49. The van der Waals surface area contributed by atoms with Crippen molar-refractivity contribution in [3.05, 3.63) is 20.8 Å². The van der Waals surface area contributed by atoms with E-state index in [1.165, 1.54) is 11.3 Å². The zero-order valence-corrected chi connectivity index (χ0v) is 12.5. The minimum absolute atomic E-state index is 0.0922. The molecule has 0 radical (unpaired) electrons. The summed E-state index contributed by atoms with van der Waals surface area (Å²) in [7, 11) is 0. The second kappa shape index (κ2) is 5.62. The van der Waals surface area contributed by atoms with Gasteiger partial charge in [0.25, 0.3) is 5.91 Å². The smallest absolute Gasteiger partial charge is 0.265 e. The fourth-order valence-corrected chi connectivity index (χ4v) is 3.66. The standard InChI is InChI=1S/C10H11Br2NO2S/c11-5-7-6-15-3-2-13(7)10(14)9-8(12)1-4-16-9/h1,4,7H,2-3,5-6H2. The van der Waals surface area contributed by atoms with Crippen molar-refractivity contribution in [2.75, 3.05) is 25.1 Å². The number of alkyl halides is 1. The highest BCUT2D eigenvalue weighted by Gasteiger charge is 2.28. The van der Waals surface area contributed by atoms with E-state index in [0.29, 0.717) is 19.8 Å². The van der Waals surface area contributed by atoms with Crippen LogP contribution in [-0.2, 0) is 4.74 Å². The lowest BCUT2D eigenvalue weighted by atomic mass is 10.2. The molecule has 6 heteroatoms. The largest absolute Gasteiger partial charge is 0.377 e. The van der Waals surface area contributed by atoms with Gasteiger partial charge in [0.05, 0.1) is 19.3 Å². The Labute approximate surface area is 115 Å². The van der Waals surface area contributed by atoms with E-state index in [1.807, 2.05) is 16.3 Å². The van der Waals surface area contributed by atoms with Crippen molar-refractivity contribution in [3.8, 4) is 0 Å². The molecule has 0 saturated carbocycles. The van der Waals surface area contributed by atoms with E-state index in [9.17, 15) is 4.79 Å². The lowest BCUT2D eigenvalue weighted by molar-refractivity contribution is 0.00548. The Morgan fingerprint density at radius 1 is 1.69 bits per heavy atom. The molecule has 88 valence electrons. The Morgan fingerprint density at radius 3 is 3.12 bits per heavy atom. The van der Waals surface area contributed by atoms with Crippen molar-refractivity contribution in [2.45, 2.75) is 6.04 Å². The first-order chi connectivity index (χ1) is 7.74. The van der Waals surface area contributed by atoms with Crippen LogP contribution in [0.15, 0.2) is 15.9 Å². The first kappa shape index (κ1) is 12.5. The summed E-state index contributed by atoms with van der Waals surface area (Å²) in [6.45, 7) is 1.90. The molecule has 0 aliphatic carbocycles. The van der Waals surface area contributed by atoms with E-state index in [4.69, 9.17) is 4.74 Å². The van der Waals surface area contributed by atoms with Gasteiger partial charge in [0.1, 0.15) is 4.88 Å². The number of hydrogen-bond donors (Lipinski definition) is 0. The maximum atomic E-state index is 12.3. The molecular weight excluding hydrogens is 358 g/mol. The highest BCUT2D eigenvalue weighted by Crippen LogP contribution is 2.25. The third kappa shape index (κ3) is 2.50. The molecule has 2 heterocycles. The van der Waals surface area contributed by atoms with Gasteiger partial charge >= 0.3 is 0 Å². The fraction of sp³-hybridized carbons (Fsp3) is 0.500. The van der Waals surface area contributed by atoms with Gasteiger partial charge in [0.15, 0.2) is 0 Å². The Morgan fingerprint density at radius 2 is 2.50 bits per heavy atom. The molecule has 1 aliphatic heterocycles. The molecule has 0 aromatic carbocycles. The second-order valence-corrected chi connectivity index (χ2v) is 5.90. The second-order valence-electron chi connectivity index (χ2n) is 3.48. The van der Waals surface area contributed by atoms with Crippen LogP contribution in [0, 0.1) is 0 Å². The molecule has 3 nitrogen and oxygen atoms in total. The molecule has 0 N–H and O–H groups in total. The SMILES string of the molecule is O=C(c1sccc1Br)N1CCOCC1CBr. The normalized spacial score (nSPS) is 21.1. The predicted molar refractivity (Wildman–Crippen MR) is 71.5 cm³/mol. The third-order valence-corrected chi connectivity index (χ3v) is 5.05. The molecule has 1 amide bonds. The molecule has 1 unspecified atom stereocenters. The minimum Gasteiger partial charge on any atom is -0.377 e. The third-order valence-electron chi connectivity index (χ3n) is 2.48. The molecule has 0 bridgehead atoms. The number of thiophene rings is 1. The van der Waals surface area contributed by atoms with Crippen LogP contribution < -0.4 is 0 Å². The maximum absolute atomic E-state index is 12.3. The van der Waals surface area contributed by atoms with E-state index in [0.717, 1.165) is 14.7 Å². The summed E-state index contributed by atoms with van der Waals surface area (Å²) in [6.07, 6.45) is 0.